The van der Waals surface area contributed by atoms with Gasteiger partial charge in [-0.3, -0.25) is 9.98 Å². The predicted octanol–water partition coefficient (Wildman–Crippen LogP) is 3.11. The summed E-state index contributed by atoms with van der Waals surface area (Å²) in [4.78, 5) is -0.212. The van der Waals surface area contributed by atoms with E-state index in [-0.39, 0.29) is 15.8 Å². The Morgan fingerprint density at radius 1 is 1.04 bits per heavy atom. The van der Waals surface area contributed by atoms with Crippen molar-refractivity contribution in [2.24, 2.45) is 5.10 Å². The summed E-state index contributed by atoms with van der Waals surface area (Å²) in [6, 6.07) is 16.4. The van der Waals surface area contributed by atoms with E-state index in [9.17, 15) is 13.5 Å². The monoisotopic (exact) mass is 401 g/mol. The Kier molecular flexibility index (Phi) is 5.36. The van der Waals surface area contributed by atoms with E-state index in [1.807, 2.05) is 30.3 Å². The first-order chi connectivity index (χ1) is 12.8. The molecule has 3 aromatic carbocycles. The van der Waals surface area contributed by atoms with Gasteiger partial charge in [0, 0.05) is 11.3 Å². The molecule has 4 N–H and O–H groups in total. The van der Waals surface area contributed by atoms with Crippen molar-refractivity contribution in [1.29, 1.82) is 0 Å². The number of anilines is 1. The van der Waals surface area contributed by atoms with Crippen LogP contribution in [0.5, 0.6) is 5.75 Å². The van der Waals surface area contributed by atoms with Gasteiger partial charge in [-0.15, -0.1) is 0 Å². The third-order valence-electron chi connectivity index (χ3n) is 3.72. The van der Waals surface area contributed by atoms with E-state index in [0.717, 1.165) is 10.8 Å². The lowest BCUT2D eigenvalue weighted by Gasteiger charge is -2.08. The summed E-state index contributed by atoms with van der Waals surface area (Å²) in [6.45, 7) is 0. The van der Waals surface area contributed by atoms with E-state index in [1.165, 1.54) is 30.5 Å². The summed E-state index contributed by atoms with van der Waals surface area (Å²) >= 11 is 5.12. The van der Waals surface area contributed by atoms with Crippen LogP contribution in [0.4, 0.5) is 5.69 Å². The van der Waals surface area contributed by atoms with E-state index < -0.39 is 10.1 Å². The first-order valence-electron chi connectivity index (χ1n) is 7.73. The molecule has 0 aliphatic heterocycles. The molecule has 0 fully saturated rings. The second kappa shape index (κ2) is 7.70. The Balaban J connectivity index is 1.68. The van der Waals surface area contributed by atoms with Crippen LogP contribution >= 0.6 is 12.2 Å². The molecule has 0 radical (unpaired) electrons. The van der Waals surface area contributed by atoms with E-state index in [0.29, 0.717) is 11.3 Å². The zero-order valence-corrected chi connectivity index (χ0v) is 15.5. The standard InChI is InChI=1S/C18H15N3O4S2/c22-17-10-5-12-3-1-2-4-15(12)16(17)11-19-21-18(26)20-13-6-8-14(9-7-13)27(23,24)25/h1-11,22H,(H2,20,21,26)(H,23,24,25)/b19-11+. The molecule has 0 aliphatic rings. The fourth-order valence-electron chi connectivity index (χ4n) is 2.44. The second-order valence-corrected chi connectivity index (χ2v) is 7.37. The highest BCUT2D eigenvalue weighted by Gasteiger charge is 2.08. The van der Waals surface area contributed by atoms with Crippen molar-refractivity contribution in [2.45, 2.75) is 4.90 Å². The fraction of sp³-hybridized carbons (Fsp3) is 0. The fourth-order valence-corrected chi connectivity index (χ4v) is 3.10. The molecule has 0 saturated heterocycles. The average molecular weight is 401 g/mol. The number of aromatic hydroxyl groups is 1. The van der Waals surface area contributed by atoms with Crippen LogP contribution < -0.4 is 10.7 Å². The van der Waals surface area contributed by atoms with E-state index in [2.05, 4.69) is 15.8 Å². The third kappa shape index (κ3) is 4.59. The zero-order valence-electron chi connectivity index (χ0n) is 13.8. The van der Waals surface area contributed by atoms with Crippen molar-refractivity contribution >= 4 is 50.1 Å². The van der Waals surface area contributed by atoms with Crippen LogP contribution in [0.1, 0.15) is 5.56 Å². The van der Waals surface area contributed by atoms with Crippen molar-refractivity contribution in [3.8, 4) is 5.75 Å². The number of phenolic OH excluding ortho intramolecular Hbond substituents is 1. The maximum Gasteiger partial charge on any atom is 0.294 e. The van der Waals surface area contributed by atoms with Crippen LogP contribution in [0.15, 0.2) is 70.7 Å². The van der Waals surface area contributed by atoms with Gasteiger partial charge in [0.1, 0.15) is 5.75 Å². The molecular formula is C18H15N3O4S2. The summed E-state index contributed by atoms with van der Waals surface area (Å²) < 4.78 is 31.0. The number of hydrogen-bond donors (Lipinski definition) is 4. The molecule has 0 saturated carbocycles. The van der Waals surface area contributed by atoms with Crippen molar-refractivity contribution in [3.63, 3.8) is 0 Å². The highest BCUT2D eigenvalue weighted by molar-refractivity contribution is 7.85. The molecule has 138 valence electrons. The van der Waals surface area contributed by atoms with E-state index >= 15 is 0 Å². The van der Waals surface area contributed by atoms with Crippen LogP contribution in [0.2, 0.25) is 0 Å². The molecule has 0 spiro atoms. The lowest BCUT2D eigenvalue weighted by atomic mass is 10.0. The maximum atomic E-state index is 11.0. The van der Waals surface area contributed by atoms with Crippen LogP contribution in [0.3, 0.4) is 0 Å². The maximum absolute atomic E-state index is 11.0. The average Bonchev–Trinajstić information content (AvgIpc) is 2.63. The molecule has 0 bridgehead atoms. The van der Waals surface area contributed by atoms with Crippen LogP contribution in [0, 0.1) is 0 Å². The van der Waals surface area contributed by atoms with Gasteiger partial charge in [0.05, 0.1) is 11.1 Å². The third-order valence-corrected chi connectivity index (χ3v) is 4.78. The van der Waals surface area contributed by atoms with Gasteiger partial charge in [-0.1, -0.05) is 30.3 Å². The largest absolute Gasteiger partial charge is 0.507 e. The Bertz CT molecular complexity index is 1130. The normalized spacial score (nSPS) is 11.6. The number of hydrogen-bond acceptors (Lipinski definition) is 5. The van der Waals surface area contributed by atoms with Crippen molar-refractivity contribution in [1.82, 2.24) is 5.43 Å². The molecule has 0 amide bonds. The van der Waals surface area contributed by atoms with Gasteiger partial charge in [-0.25, -0.2) is 0 Å². The summed E-state index contributed by atoms with van der Waals surface area (Å²) in [5, 5.41) is 18.9. The summed E-state index contributed by atoms with van der Waals surface area (Å²) in [7, 11) is -4.24. The number of hydrazone groups is 1. The van der Waals surface area contributed by atoms with Crippen molar-refractivity contribution in [2.75, 3.05) is 5.32 Å². The minimum absolute atomic E-state index is 0.0962. The van der Waals surface area contributed by atoms with Gasteiger partial charge in [-0.05, 0) is 53.3 Å². The highest BCUT2D eigenvalue weighted by atomic mass is 32.2. The Labute approximate surface area is 161 Å². The second-order valence-electron chi connectivity index (χ2n) is 5.54. The Morgan fingerprint density at radius 2 is 1.74 bits per heavy atom. The van der Waals surface area contributed by atoms with Crippen molar-refractivity contribution in [3.05, 3.63) is 66.2 Å². The van der Waals surface area contributed by atoms with Gasteiger partial charge in [0.15, 0.2) is 5.11 Å². The number of nitrogens with zero attached hydrogens (tertiary/aromatic N) is 1. The molecule has 0 atom stereocenters. The van der Waals surface area contributed by atoms with Crippen molar-refractivity contribution < 1.29 is 18.1 Å². The lowest BCUT2D eigenvalue weighted by molar-refractivity contribution is 0.475. The van der Waals surface area contributed by atoms with Gasteiger partial charge in [0.25, 0.3) is 10.1 Å². The van der Waals surface area contributed by atoms with Gasteiger partial charge in [-0.2, -0.15) is 13.5 Å². The van der Waals surface area contributed by atoms with Gasteiger partial charge in [0.2, 0.25) is 0 Å². The Hall–Kier alpha value is -3.01. The van der Waals surface area contributed by atoms with Gasteiger partial charge < -0.3 is 10.4 Å². The first-order valence-corrected chi connectivity index (χ1v) is 9.58. The molecule has 0 heterocycles. The highest BCUT2D eigenvalue weighted by Crippen LogP contribution is 2.25. The molecule has 9 heteroatoms. The molecule has 3 aromatic rings. The van der Waals surface area contributed by atoms with Crippen LogP contribution in [-0.2, 0) is 10.1 Å². The number of thiocarbonyl (C=S) groups is 1. The van der Waals surface area contributed by atoms with E-state index in [1.54, 1.807) is 6.07 Å². The smallest absolute Gasteiger partial charge is 0.294 e. The SMILES string of the molecule is O=S(=O)(O)c1ccc(NC(=S)N/N=C/c2c(O)ccc3ccccc23)cc1. The molecule has 27 heavy (non-hydrogen) atoms. The molecule has 0 aliphatic carbocycles. The first kappa shape index (κ1) is 18.8. The molecular weight excluding hydrogens is 386 g/mol. The number of phenols is 1. The number of nitrogens with one attached hydrogen (secondary N) is 2. The number of fused-ring (bicyclic) bond motifs is 1. The Morgan fingerprint density at radius 3 is 2.44 bits per heavy atom. The molecule has 0 unspecified atom stereocenters. The minimum Gasteiger partial charge on any atom is -0.507 e. The summed E-state index contributed by atoms with van der Waals surface area (Å²) in [6.07, 6.45) is 1.47. The van der Waals surface area contributed by atoms with Crippen LogP contribution in [0.25, 0.3) is 10.8 Å². The minimum atomic E-state index is -4.24. The molecule has 7 nitrogen and oxygen atoms in total. The van der Waals surface area contributed by atoms with Gasteiger partial charge >= 0.3 is 0 Å². The zero-order chi connectivity index (χ0) is 19.4. The topological polar surface area (TPSA) is 111 Å². The summed E-state index contributed by atoms with van der Waals surface area (Å²) in [5.41, 5.74) is 3.70. The lowest BCUT2D eigenvalue weighted by Crippen LogP contribution is -2.23. The number of rotatable bonds is 4. The quantitative estimate of drug-likeness (QED) is 0.230. The molecule has 3 rings (SSSR count). The summed E-state index contributed by atoms with van der Waals surface area (Å²) in [5.74, 6) is 0.0962. The number of benzene rings is 3. The van der Waals surface area contributed by atoms with Crippen LogP contribution in [-0.4, -0.2) is 29.4 Å². The predicted molar refractivity (Wildman–Crippen MR) is 109 cm³/mol. The molecule has 0 aromatic heterocycles. The van der Waals surface area contributed by atoms with E-state index in [4.69, 9.17) is 16.8 Å².